The largest absolute Gasteiger partial charge is 0.313 e. The van der Waals surface area contributed by atoms with Crippen LogP contribution in [0.1, 0.15) is 44.6 Å². The van der Waals surface area contributed by atoms with Crippen molar-refractivity contribution in [3.63, 3.8) is 0 Å². The lowest BCUT2D eigenvalue weighted by Crippen LogP contribution is -2.34. The number of halogens is 2. The van der Waals surface area contributed by atoms with Gasteiger partial charge in [-0.1, -0.05) is 42.1 Å². The molecule has 0 heterocycles. The quantitative estimate of drug-likeness (QED) is 0.706. The summed E-state index contributed by atoms with van der Waals surface area (Å²) in [5, 5.41) is 4.38. The molecule has 0 radical (unpaired) electrons. The first-order valence-corrected chi connectivity index (χ1v) is 9.81. The highest BCUT2D eigenvalue weighted by atomic mass is 79.9. The third kappa shape index (κ3) is 6.29. The van der Waals surface area contributed by atoms with Crippen LogP contribution in [0.5, 0.6) is 0 Å². The van der Waals surface area contributed by atoms with Crippen LogP contribution in [0.25, 0.3) is 0 Å². The van der Waals surface area contributed by atoms with Gasteiger partial charge in [-0.05, 0) is 49.6 Å². The molecule has 118 valence electrons. The highest BCUT2D eigenvalue weighted by Gasteiger charge is 2.17. The van der Waals surface area contributed by atoms with Crippen molar-refractivity contribution >= 4 is 27.7 Å². The zero-order valence-electron chi connectivity index (χ0n) is 12.7. The minimum absolute atomic E-state index is 0.158. The van der Waals surface area contributed by atoms with E-state index in [1.165, 1.54) is 38.2 Å². The van der Waals surface area contributed by atoms with Gasteiger partial charge >= 0.3 is 0 Å². The van der Waals surface area contributed by atoms with Crippen molar-refractivity contribution < 1.29 is 4.39 Å². The third-order valence-corrected chi connectivity index (χ3v) is 5.98. The summed E-state index contributed by atoms with van der Waals surface area (Å²) in [5.74, 6) is 0.960. The van der Waals surface area contributed by atoms with Crippen molar-refractivity contribution in [1.29, 1.82) is 0 Å². The van der Waals surface area contributed by atoms with E-state index >= 15 is 0 Å². The molecule has 1 aromatic carbocycles. The summed E-state index contributed by atoms with van der Waals surface area (Å²) in [7, 11) is 0. The Labute approximate surface area is 140 Å². The zero-order chi connectivity index (χ0) is 15.1. The van der Waals surface area contributed by atoms with Crippen molar-refractivity contribution in [2.45, 2.75) is 56.7 Å². The van der Waals surface area contributed by atoms with Crippen LogP contribution >= 0.6 is 27.7 Å². The fourth-order valence-corrected chi connectivity index (χ4v) is 4.90. The molecule has 0 bridgehead atoms. The summed E-state index contributed by atoms with van der Waals surface area (Å²) in [6.07, 6.45) is 7.82. The molecule has 21 heavy (non-hydrogen) atoms. The maximum Gasteiger partial charge on any atom is 0.124 e. The Balaban J connectivity index is 1.88. The fraction of sp³-hybridized carbons (Fsp3) is 0.647. The molecule has 1 nitrogen and oxygen atoms in total. The molecule has 1 fully saturated rings. The van der Waals surface area contributed by atoms with Gasteiger partial charge in [0, 0.05) is 21.5 Å². The lowest BCUT2D eigenvalue weighted by molar-refractivity contribution is 0.513. The number of hydrogen-bond donors (Lipinski definition) is 1. The van der Waals surface area contributed by atoms with Crippen molar-refractivity contribution in [2.24, 2.45) is 0 Å². The molecule has 1 aliphatic rings. The number of likely N-dealkylation sites (N-methyl/N-ethyl adjacent to an activating group) is 1. The predicted molar refractivity (Wildman–Crippen MR) is 94.6 cm³/mol. The topological polar surface area (TPSA) is 12.0 Å². The van der Waals surface area contributed by atoms with Gasteiger partial charge in [0.2, 0.25) is 0 Å². The standard InChI is InChI=1S/C17H25BrFNS/c1-2-20-16(12-21-17-6-4-3-5-7-17)10-13-8-14(18)11-15(19)9-13/h8-9,11,16-17,20H,2-7,10,12H2,1H3. The second kappa shape index (κ2) is 9.16. The zero-order valence-corrected chi connectivity index (χ0v) is 15.1. The van der Waals surface area contributed by atoms with Crippen molar-refractivity contribution in [1.82, 2.24) is 5.32 Å². The lowest BCUT2D eigenvalue weighted by atomic mass is 10.0. The lowest BCUT2D eigenvalue weighted by Gasteiger charge is -2.24. The summed E-state index contributed by atoms with van der Waals surface area (Å²) in [5.41, 5.74) is 1.07. The van der Waals surface area contributed by atoms with E-state index in [9.17, 15) is 4.39 Å². The third-order valence-electron chi connectivity index (χ3n) is 3.98. The van der Waals surface area contributed by atoms with E-state index in [-0.39, 0.29) is 5.82 Å². The SMILES string of the molecule is CCNC(CSC1CCCCC1)Cc1cc(F)cc(Br)c1. The van der Waals surface area contributed by atoms with E-state index in [0.29, 0.717) is 6.04 Å². The predicted octanol–water partition coefficient (Wildman–Crippen LogP) is 5.17. The van der Waals surface area contributed by atoms with Crippen LogP contribution in [0.4, 0.5) is 4.39 Å². The average Bonchev–Trinajstić information content (AvgIpc) is 2.45. The summed E-state index contributed by atoms with van der Waals surface area (Å²) >= 11 is 5.48. The number of hydrogen-bond acceptors (Lipinski definition) is 2. The van der Waals surface area contributed by atoms with Crippen LogP contribution < -0.4 is 5.32 Å². The summed E-state index contributed by atoms with van der Waals surface area (Å²) in [6, 6.07) is 5.62. The molecule has 0 amide bonds. The van der Waals surface area contributed by atoms with Gasteiger partial charge in [0.25, 0.3) is 0 Å². The number of benzene rings is 1. The van der Waals surface area contributed by atoms with Crippen LogP contribution in [0.2, 0.25) is 0 Å². The molecule has 1 aliphatic carbocycles. The molecule has 0 aromatic heterocycles. The second-order valence-corrected chi connectivity index (χ2v) is 8.08. The molecule has 0 saturated heterocycles. The van der Waals surface area contributed by atoms with Gasteiger partial charge in [-0.25, -0.2) is 4.39 Å². The molecule has 4 heteroatoms. The maximum atomic E-state index is 13.5. The molecule has 1 saturated carbocycles. The Kier molecular flexibility index (Phi) is 7.55. The van der Waals surface area contributed by atoms with Crippen molar-refractivity contribution in [2.75, 3.05) is 12.3 Å². The molecular formula is C17H25BrFNS. The first kappa shape index (κ1) is 17.3. The summed E-state index contributed by atoms with van der Waals surface area (Å²) in [6.45, 7) is 3.10. The van der Waals surface area contributed by atoms with Crippen molar-refractivity contribution in [3.8, 4) is 0 Å². The summed E-state index contributed by atoms with van der Waals surface area (Å²) in [4.78, 5) is 0. The maximum absolute atomic E-state index is 13.5. The minimum Gasteiger partial charge on any atom is -0.313 e. The van der Waals surface area contributed by atoms with Crippen LogP contribution in [-0.2, 0) is 6.42 Å². The summed E-state index contributed by atoms with van der Waals surface area (Å²) < 4.78 is 14.3. The Hall–Kier alpha value is -0.0600. The van der Waals surface area contributed by atoms with E-state index in [2.05, 4.69) is 39.9 Å². The Morgan fingerprint density at radius 3 is 2.71 bits per heavy atom. The highest BCUT2D eigenvalue weighted by Crippen LogP contribution is 2.29. The number of thioether (sulfide) groups is 1. The monoisotopic (exact) mass is 373 g/mol. The second-order valence-electron chi connectivity index (χ2n) is 5.83. The fourth-order valence-electron chi connectivity index (χ4n) is 2.98. The van der Waals surface area contributed by atoms with Gasteiger partial charge in [0.05, 0.1) is 0 Å². The van der Waals surface area contributed by atoms with E-state index < -0.39 is 0 Å². The number of rotatable bonds is 7. The van der Waals surface area contributed by atoms with E-state index in [1.807, 2.05) is 6.07 Å². The molecule has 1 N–H and O–H groups in total. The van der Waals surface area contributed by atoms with E-state index in [0.717, 1.165) is 34.0 Å². The smallest absolute Gasteiger partial charge is 0.124 e. The van der Waals surface area contributed by atoms with Gasteiger partial charge in [-0.2, -0.15) is 11.8 Å². The first-order chi connectivity index (χ1) is 10.2. The van der Waals surface area contributed by atoms with Crippen LogP contribution in [0, 0.1) is 5.82 Å². The van der Waals surface area contributed by atoms with Crippen LogP contribution in [-0.4, -0.2) is 23.6 Å². The van der Waals surface area contributed by atoms with E-state index in [4.69, 9.17) is 0 Å². The van der Waals surface area contributed by atoms with Gasteiger partial charge in [-0.3, -0.25) is 0 Å². The first-order valence-electron chi connectivity index (χ1n) is 7.97. The van der Waals surface area contributed by atoms with Gasteiger partial charge in [-0.15, -0.1) is 0 Å². The number of nitrogens with one attached hydrogen (secondary N) is 1. The van der Waals surface area contributed by atoms with E-state index in [1.54, 1.807) is 6.07 Å². The Morgan fingerprint density at radius 1 is 1.29 bits per heavy atom. The van der Waals surface area contributed by atoms with Crippen LogP contribution in [0.15, 0.2) is 22.7 Å². The van der Waals surface area contributed by atoms with Crippen molar-refractivity contribution in [3.05, 3.63) is 34.1 Å². The molecule has 2 rings (SSSR count). The Bertz CT molecular complexity index is 415. The molecule has 1 unspecified atom stereocenters. The Morgan fingerprint density at radius 2 is 2.05 bits per heavy atom. The normalized spacial score (nSPS) is 17.9. The highest BCUT2D eigenvalue weighted by molar-refractivity contribution is 9.10. The minimum atomic E-state index is -0.158. The van der Waals surface area contributed by atoms with Gasteiger partial charge < -0.3 is 5.32 Å². The molecule has 1 atom stereocenters. The molecular weight excluding hydrogens is 349 g/mol. The average molecular weight is 374 g/mol. The molecule has 0 spiro atoms. The van der Waals surface area contributed by atoms with Gasteiger partial charge in [0.15, 0.2) is 0 Å². The van der Waals surface area contributed by atoms with Gasteiger partial charge in [0.1, 0.15) is 5.82 Å². The van der Waals surface area contributed by atoms with Crippen LogP contribution in [0.3, 0.4) is 0 Å². The molecule has 0 aliphatic heterocycles. The molecule has 1 aromatic rings.